The predicted molar refractivity (Wildman–Crippen MR) is 115 cm³/mol. The molecule has 0 spiro atoms. The van der Waals surface area contributed by atoms with Gasteiger partial charge in [-0.15, -0.1) is 0 Å². The summed E-state index contributed by atoms with van der Waals surface area (Å²) in [6, 6.07) is 20.7. The van der Waals surface area contributed by atoms with Crippen molar-refractivity contribution in [3.63, 3.8) is 0 Å². The number of nitrogens with zero attached hydrogens (tertiary/aromatic N) is 3. The van der Waals surface area contributed by atoms with Gasteiger partial charge in [-0.05, 0) is 24.6 Å². The van der Waals surface area contributed by atoms with E-state index in [-0.39, 0.29) is 5.69 Å². The van der Waals surface area contributed by atoms with E-state index < -0.39 is 11.9 Å². The van der Waals surface area contributed by atoms with Crippen molar-refractivity contribution >= 4 is 38.2 Å². The highest BCUT2D eigenvalue weighted by Gasteiger charge is 2.43. The maximum Gasteiger partial charge on any atom is 0.440 e. The third kappa shape index (κ3) is 2.30. The van der Waals surface area contributed by atoms with Crippen molar-refractivity contribution in [3.8, 4) is 11.4 Å². The Morgan fingerprint density at radius 1 is 0.839 bits per heavy atom. The summed E-state index contributed by atoms with van der Waals surface area (Å²) in [5.74, 6) is 0. The maximum absolute atomic E-state index is 14.3. The largest absolute Gasteiger partial charge is 0.440 e. The molecule has 0 N–H and O–H groups in total. The molecular formula is C25H17F3N3+. The number of benzene rings is 3. The molecule has 31 heavy (non-hydrogen) atoms. The molecule has 0 bridgehead atoms. The van der Waals surface area contributed by atoms with Crippen LogP contribution in [0.4, 0.5) is 13.2 Å². The summed E-state index contributed by atoms with van der Waals surface area (Å²) in [6.45, 7) is 1.89. The van der Waals surface area contributed by atoms with Gasteiger partial charge in [0.25, 0.3) is 5.69 Å². The highest BCUT2D eigenvalue weighted by Crippen LogP contribution is 2.43. The summed E-state index contributed by atoms with van der Waals surface area (Å²) >= 11 is 0. The molecule has 0 saturated heterocycles. The molecule has 0 radical (unpaired) electrons. The fraction of sp³-hybridized carbons (Fsp3) is 0.120. The first-order valence-electron chi connectivity index (χ1n) is 9.98. The molecule has 0 saturated carbocycles. The van der Waals surface area contributed by atoms with Crippen LogP contribution >= 0.6 is 0 Å². The van der Waals surface area contributed by atoms with Crippen molar-refractivity contribution in [2.75, 3.05) is 0 Å². The van der Waals surface area contributed by atoms with E-state index in [2.05, 4.69) is 4.98 Å². The van der Waals surface area contributed by atoms with Gasteiger partial charge < -0.3 is 4.40 Å². The third-order valence-electron chi connectivity index (χ3n) is 6.21. The molecule has 152 valence electrons. The molecule has 0 amide bonds. The SMILES string of the molecule is Cc1c(-c2c(C(F)(F)F)nc3ccccc3[n+]2C)n2c3ccccc3c3cccc1c32. The highest BCUT2D eigenvalue weighted by molar-refractivity contribution is 6.17. The number of rotatable bonds is 1. The molecule has 3 aromatic carbocycles. The zero-order valence-electron chi connectivity index (χ0n) is 16.8. The summed E-state index contributed by atoms with van der Waals surface area (Å²) in [5.41, 5.74) is 3.33. The molecule has 3 aromatic heterocycles. The summed E-state index contributed by atoms with van der Waals surface area (Å²) in [6.07, 6.45) is -4.60. The third-order valence-corrected chi connectivity index (χ3v) is 6.21. The van der Waals surface area contributed by atoms with Gasteiger partial charge >= 0.3 is 6.18 Å². The molecule has 0 fully saturated rings. The second-order valence-corrected chi connectivity index (χ2v) is 7.88. The number of para-hydroxylation sites is 4. The second kappa shape index (κ2) is 5.94. The lowest BCUT2D eigenvalue weighted by Gasteiger charge is -2.12. The van der Waals surface area contributed by atoms with E-state index in [0.717, 1.165) is 32.8 Å². The Morgan fingerprint density at radius 2 is 1.52 bits per heavy atom. The van der Waals surface area contributed by atoms with Gasteiger partial charge in [-0.2, -0.15) is 17.7 Å². The lowest BCUT2D eigenvalue weighted by atomic mass is 10.0. The fourth-order valence-electron chi connectivity index (χ4n) is 4.90. The zero-order chi connectivity index (χ0) is 21.5. The van der Waals surface area contributed by atoms with Crippen molar-refractivity contribution < 1.29 is 17.7 Å². The molecule has 6 rings (SSSR count). The predicted octanol–water partition coefficient (Wildman–Crippen LogP) is 6.05. The van der Waals surface area contributed by atoms with Gasteiger partial charge in [0.05, 0.1) is 11.0 Å². The first-order valence-corrected chi connectivity index (χ1v) is 9.98. The standard InChI is InChI=1S/C25H17F3N3/c1-14-15-9-7-10-17-16-8-3-5-12-19(16)31(22(15)17)21(14)23-24(25(26,27)28)29-18-11-4-6-13-20(18)30(23)2/h3-13H,1-2H3/q+1. The Hall–Kier alpha value is -3.67. The Morgan fingerprint density at radius 3 is 2.32 bits per heavy atom. The number of aromatic nitrogens is 3. The minimum Gasteiger partial charge on any atom is -0.302 e. The van der Waals surface area contributed by atoms with E-state index in [9.17, 15) is 13.2 Å². The summed E-state index contributed by atoms with van der Waals surface area (Å²) < 4.78 is 46.5. The second-order valence-electron chi connectivity index (χ2n) is 7.88. The van der Waals surface area contributed by atoms with Crippen LogP contribution in [0.1, 0.15) is 11.3 Å². The van der Waals surface area contributed by atoms with Crippen molar-refractivity contribution in [2.45, 2.75) is 13.1 Å². The number of alkyl halides is 3. The van der Waals surface area contributed by atoms with Gasteiger partial charge in [-0.3, -0.25) is 0 Å². The molecule has 0 aliphatic rings. The molecule has 3 heterocycles. The van der Waals surface area contributed by atoms with E-state index in [1.54, 1.807) is 29.8 Å². The molecule has 6 heteroatoms. The number of aryl methyl sites for hydroxylation is 2. The minimum atomic E-state index is -4.60. The number of fused-ring (bicyclic) bond motifs is 4. The van der Waals surface area contributed by atoms with Crippen molar-refractivity contribution in [1.82, 2.24) is 9.38 Å². The van der Waals surface area contributed by atoms with Crippen LogP contribution in [0.15, 0.2) is 66.7 Å². The van der Waals surface area contributed by atoms with Gasteiger partial charge in [0.2, 0.25) is 11.2 Å². The Kier molecular flexibility index (Phi) is 3.47. The number of hydrogen-bond donors (Lipinski definition) is 0. The monoisotopic (exact) mass is 416 g/mol. The van der Waals surface area contributed by atoms with Gasteiger partial charge in [0.15, 0.2) is 0 Å². The van der Waals surface area contributed by atoms with Crippen LogP contribution in [0, 0.1) is 6.92 Å². The number of halogens is 3. The van der Waals surface area contributed by atoms with Crippen molar-refractivity contribution in [1.29, 1.82) is 0 Å². The molecule has 3 nitrogen and oxygen atoms in total. The molecule has 0 aliphatic carbocycles. The Bertz CT molecular complexity index is 1640. The zero-order valence-corrected chi connectivity index (χ0v) is 16.8. The Labute approximate surface area is 175 Å². The van der Waals surface area contributed by atoms with Gasteiger partial charge in [0.1, 0.15) is 18.3 Å². The van der Waals surface area contributed by atoms with Gasteiger partial charge in [-0.1, -0.05) is 48.5 Å². The maximum atomic E-state index is 14.3. The summed E-state index contributed by atoms with van der Waals surface area (Å²) in [7, 11) is 1.68. The van der Waals surface area contributed by atoms with E-state index in [1.165, 1.54) is 0 Å². The van der Waals surface area contributed by atoms with Crippen LogP contribution in [0.3, 0.4) is 0 Å². The molecule has 0 atom stereocenters. The van der Waals surface area contributed by atoms with E-state index >= 15 is 0 Å². The van der Waals surface area contributed by atoms with Crippen LogP contribution in [-0.4, -0.2) is 9.38 Å². The van der Waals surface area contributed by atoms with Crippen molar-refractivity contribution in [3.05, 3.63) is 78.0 Å². The van der Waals surface area contributed by atoms with E-state index in [1.807, 2.05) is 59.9 Å². The first kappa shape index (κ1) is 18.1. The van der Waals surface area contributed by atoms with E-state index in [4.69, 9.17) is 0 Å². The molecule has 0 unspecified atom stereocenters. The lowest BCUT2D eigenvalue weighted by Crippen LogP contribution is -2.36. The van der Waals surface area contributed by atoms with Crippen molar-refractivity contribution in [2.24, 2.45) is 7.05 Å². The van der Waals surface area contributed by atoms with Crippen LogP contribution in [-0.2, 0) is 13.2 Å². The van der Waals surface area contributed by atoms with Crippen LogP contribution < -0.4 is 4.57 Å². The van der Waals surface area contributed by atoms with E-state index in [0.29, 0.717) is 16.7 Å². The molecule has 0 aliphatic heterocycles. The van der Waals surface area contributed by atoms with Gasteiger partial charge in [-0.25, -0.2) is 4.98 Å². The lowest BCUT2D eigenvalue weighted by molar-refractivity contribution is -0.635. The summed E-state index contributed by atoms with van der Waals surface area (Å²) in [4.78, 5) is 4.08. The number of hydrogen-bond acceptors (Lipinski definition) is 1. The average molecular weight is 416 g/mol. The Balaban J connectivity index is 1.90. The van der Waals surface area contributed by atoms with Crippen LogP contribution in [0.5, 0.6) is 0 Å². The average Bonchev–Trinajstić information content (AvgIpc) is 3.24. The normalized spacial score (nSPS) is 12.7. The first-order chi connectivity index (χ1) is 14.9. The van der Waals surface area contributed by atoms with Crippen LogP contribution in [0.25, 0.3) is 49.6 Å². The van der Waals surface area contributed by atoms with Gasteiger partial charge in [0, 0.05) is 22.2 Å². The topological polar surface area (TPSA) is 21.2 Å². The molecule has 6 aromatic rings. The fourth-order valence-corrected chi connectivity index (χ4v) is 4.90. The smallest absolute Gasteiger partial charge is 0.302 e. The minimum absolute atomic E-state index is 0.0718. The quantitative estimate of drug-likeness (QED) is 0.299. The summed E-state index contributed by atoms with van der Waals surface area (Å²) in [5, 5.41) is 3.01. The van der Waals surface area contributed by atoms with Crippen LogP contribution in [0.2, 0.25) is 0 Å². The molecular weight excluding hydrogens is 399 g/mol. The highest BCUT2D eigenvalue weighted by atomic mass is 19.4.